The Morgan fingerprint density at radius 1 is 1.50 bits per heavy atom. The van der Waals surface area contributed by atoms with E-state index in [0.29, 0.717) is 23.4 Å². The third-order valence-electron chi connectivity index (χ3n) is 2.63. The number of hydrogen-bond donors (Lipinski definition) is 1. The van der Waals surface area contributed by atoms with Crippen molar-refractivity contribution in [1.82, 2.24) is 5.32 Å². The molecule has 0 aliphatic rings. The Labute approximate surface area is 115 Å². The predicted octanol–water partition coefficient (Wildman–Crippen LogP) is 4.36. The van der Waals surface area contributed by atoms with Crippen molar-refractivity contribution in [2.75, 3.05) is 13.2 Å². The van der Waals surface area contributed by atoms with Gasteiger partial charge in [-0.25, -0.2) is 0 Å². The topological polar surface area (TPSA) is 21.3 Å². The Morgan fingerprint density at radius 3 is 2.78 bits per heavy atom. The van der Waals surface area contributed by atoms with E-state index in [1.165, 1.54) is 5.56 Å². The molecular formula is C15H22ClNO. The molecule has 0 saturated heterocycles. The third-order valence-corrected chi connectivity index (χ3v) is 2.93. The molecule has 0 amide bonds. The molecule has 1 aromatic rings. The van der Waals surface area contributed by atoms with Gasteiger partial charge in [0.25, 0.3) is 0 Å². The minimum atomic E-state index is 0.303. The van der Waals surface area contributed by atoms with E-state index in [9.17, 15) is 0 Å². The van der Waals surface area contributed by atoms with Crippen molar-refractivity contribution in [3.63, 3.8) is 0 Å². The second kappa shape index (κ2) is 7.45. The normalized spacial score (nSPS) is 12.2. The van der Waals surface area contributed by atoms with Gasteiger partial charge in [-0.2, -0.15) is 0 Å². The minimum Gasteiger partial charge on any atom is -0.488 e. The first-order valence-electron chi connectivity index (χ1n) is 6.34. The van der Waals surface area contributed by atoms with Gasteiger partial charge >= 0.3 is 0 Å². The molecule has 1 atom stereocenters. The van der Waals surface area contributed by atoms with Gasteiger partial charge in [-0.3, -0.25) is 0 Å². The number of hydrogen-bond acceptors (Lipinski definition) is 2. The van der Waals surface area contributed by atoms with Crippen LogP contribution in [0.4, 0.5) is 0 Å². The van der Waals surface area contributed by atoms with Crippen molar-refractivity contribution in [3.8, 4) is 5.75 Å². The Kier molecular flexibility index (Phi) is 6.23. The van der Waals surface area contributed by atoms with Gasteiger partial charge in [0.1, 0.15) is 12.4 Å². The summed E-state index contributed by atoms with van der Waals surface area (Å²) in [5.41, 5.74) is 2.16. The molecule has 2 nitrogen and oxygen atoms in total. The highest BCUT2D eigenvalue weighted by Gasteiger charge is 2.08. The first-order valence-corrected chi connectivity index (χ1v) is 6.72. The molecule has 0 aromatic heterocycles. The summed E-state index contributed by atoms with van der Waals surface area (Å²) in [4.78, 5) is 0. The molecule has 0 spiro atoms. The smallest absolute Gasteiger partial charge is 0.138 e. The maximum atomic E-state index is 6.21. The quantitative estimate of drug-likeness (QED) is 0.742. The van der Waals surface area contributed by atoms with E-state index in [2.05, 4.69) is 25.7 Å². The zero-order chi connectivity index (χ0) is 13.5. The zero-order valence-electron chi connectivity index (χ0n) is 11.4. The maximum Gasteiger partial charge on any atom is 0.138 e. The Bertz CT molecular complexity index is 403. The van der Waals surface area contributed by atoms with E-state index in [4.69, 9.17) is 16.3 Å². The number of benzene rings is 1. The van der Waals surface area contributed by atoms with Gasteiger partial charge in [0.15, 0.2) is 0 Å². The molecule has 1 rings (SSSR count). The fraction of sp³-hybridized carbons (Fsp3) is 0.467. The van der Waals surface area contributed by atoms with E-state index < -0.39 is 0 Å². The number of ether oxygens (including phenoxy) is 1. The van der Waals surface area contributed by atoms with Gasteiger partial charge in [0, 0.05) is 6.04 Å². The lowest BCUT2D eigenvalue weighted by molar-refractivity contribution is 0.352. The monoisotopic (exact) mass is 267 g/mol. The Hall–Kier alpha value is -0.990. The third kappa shape index (κ3) is 4.71. The highest BCUT2D eigenvalue weighted by Crippen LogP contribution is 2.28. The van der Waals surface area contributed by atoms with E-state index >= 15 is 0 Å². The fourth-order valence-electron chi connectivity index (χ4n) is 1.58. The molecule has 18 heavy (non-hydrogen) atoms. The lowest BCUT2D eigenvalue weighted by Crippen LogP contribution is -2.19. The highest BCUT2D eigenvalue weighted by molar-refractivity contribution is 6.32. The molecule has 1 unspecified atom stereocenters. The van der Waals surface area contributed by atoms with Crippen LogP contribution in [0.2, 0.25) is 5.02 Å². The molecule has 1 N–H and O–H groups in total. The van der Waals surface area contributed by atoms with Gasteiger partial charge in [-0.15, -0.1) is 0 Å². The molecular weight excluding hydrogens is 246 g/mol. The van der Waals surface area contributed by atoms with Gasteiger partial charge in [0.2, 0.25) is 0 Å². The van der Waals surface area contributed by atoms with Crippen molar-refractivity contribution in [3.05, 3.63) is 40.9 Å². The van der Waals surface area contributed by atoms with Crippen LogP contribution in [0.3, 0.4) is 0 Å². The molecule has 0 radical (unpaired) electrons. The second-order valence-corrected chi connectivity index (χ2v) is 5.02. The number of halogens is 1. The summed E-state index contributed by atoms with van der Waals surface area (Å²) >= 11 is 6.21. The van der Waals surface area contributed by atoms with Crippen molar-refractivity contribution in [1.29, 1.82) is 0 Å². The van der Waals surface area contributed by atoms with Crippen LogP contribution in [0.5, 0.6) is 5.75 Å². The predicted molar refractivity (Wildman–Crippen MR) is 78.5 cm³/mol. The summed E-state index contributed by atoms with van der Waals surface area (Å²) in [6, 6.07) is 6.23. The van der Waals surface area contributed by atoms with Crippen LogP contribution in [-0.2, 0) is 0 Å². The maximum absolute atomic E-state index is 6.21. The largest absolute Gasteiger partial charge is 0.488 e. The first kappa shape index (κ1) is 15.1. The molecule has 0 heterocycles. The van der Waals surface area contributed by atoms with Crippen LogP contribution in [0.1, 0.15) is 38.8 Å². The van der Waals surface area contributed by atoms with Crippen molar-refractivity contribution in [2.24, 2.45) is 0 Å². The summed E-state index contributed by atoms with van der Waals surface area (Å²) in [6.07, 6.45) is 1.12. The minimum absolute atomic E-state index is 0.303. The van der Waals surface area contributed by atoms with Crippen LogP contribution in [-0.4, -0.2) is 13.2 Å². The van der Waals surface area contributed by atoms with Crippen LogP contribution in [0.15, 0.2) is 30.4 Å². The molecule has 0 aliphatic carbocycles. The van der Waals surface area contributed by atoms with E-state index in [-0.39, 0.29) is 0 Å². The van der Waals surface area contributed by atoms with Crippen LogP contribution in [0.25, 0.3) is 0 Å². The molecule has 3 heteroatoms. The second-order valence-electron chi connectivity index (χ2n) is 4.61. The van der Waals surface area contributed by atoms with Gasteiger partial charge in [-0.05, 0) is 50.1 Å². The molecule has 1 aromatic carbocycles. The van der Waals surface area contributed by atoms with Crippen LogP contribution >= 0.6 is 11.6 Å². The lowest BCUT2D eigenvalue weighted by Gasteiger charge is -2.15. The number of rotatable bonds is 7. The van der Waals surface area contributed by atoms with E-state index in [0.717, 1.165) is 18.5 Å². The summed E-state index contributed by atoms with van der Waals surface area (Å²) in [6.45, 7) is 11.5. The Balaban J connectivity index is 2.69. The fourth-order valence-corrected chi connectivity index (χ4v) is 1.83. The molecule has 0 aliphatic heterocycles. The average Bonchev–Trinajstić information content (AvgIpc) is 2.34. The highest BCUT2D eigenvalue weighted by atomic mass is 35.5. The zero-order valence-corrected chi connectivity index (χ0v) is 12.2. The SMILES string of the molecule is C=C(C)COc1ccc(C(C)NCCC)cc1Cl. The van der Waals surface area contributed by atoms with E-state index in [1.54, 1.807) is 0 Å². The summed E-state index contributed by atoms with van der Waals surface area (Å²) in [5.74, 6) is 0.714. The van der Waals surface area contributed by atoms with Crippen molar-refractivity contribution in [2.45, 2.75) is 33.2 Å². The summed E-state index contributed by atoms with van der Waals surface area (Å²) < 4.78 is 5.56. The van der Waals surface area contributed by atoms with Gasteiger partial charge < -0.3 is 10.1 Å². The Morgan fingerprint density at radius 2 is 2.22 bits per heavy atom. The lowest BCUT2D eigenvalue weighted by atomic mass is 10.1. The van der Waals surface area contributed by atoms with Crippen molar-refractivity contribution >= 4 is 11.6 Å². The standard InChI is InChI=1S/C15H22ClNO/c1-5-8-17-12(4)13-6-7-15(14(16)9-13)18-10-11(2)3/h6-7,9,12,17H,2,5,8,10H2,1,3-4H3. The summed E-state index contributed by atoms with van der Waals surface area (Å²) in [7, 11) is 0. The van der Waals surface area contributed by atoms with E-state index in [1.807, 2.05) is 25.1 Å². The number of nitrogens with one attached hydrogen (secondary N) is 1. The molecule has 0 fully saturated rings. The summed E-state index contributed by atoms with van der Waals surface area (Å²) in [5, 5.41) is 4.08. The van der Waals surface area contributed by atoms with Crippen LogP contribution in [0, 0.1) is 0 Å². The first-order chi connectivity index (χ1) is 8.54. The van der Waals surface area contributed by atoms with Crippen molar-refractivity contribution < 1.29 is 4.74 Å². The average molecular weight is 268 g/mol. The van der Waals surface area contributed by atoms with Gasteiger partial charge in [-0.1, -0.05) is 31.2 Å². The van der Waals surface area contributed by atoms with Crippen LogP contribution < -0.4 is 10.1 Å². The molecule has 0 saturated carbocycles. The molecule has 0 bridgehead atoms. The molecule has 100 valence electrons. The van der Waals surface area contributed by atoms with Gasteiger partial charge in [0.05, 0.1) is 5.02 Å².